The molecule has 27 heavy (non-hydrogen) atoms. The summed E-state index contributed by atoms with van der Waals surface area (Å²) in [7, 11) is 1.55. The molecule has 140 valence electrons. The van der Waals surface area contributed by atoms with E-state index in [-0.39, 0.29) is 18.1 Å². The van der Waals surface area contributed by atoms with Gasteiger partial charge in [-0.1, -0.05) is 18.2 Å². The average molecular weight is 383 g/mol. The minimum absolute atomic E-state index is 0.0103. The van der Waals surface area contributed by atoms with Crippen molar-refractivity contribution in [1.29, 1.82) is 0 Å². The average Bonchev–Trinajstić information content (AvgIpc) is 3.14. The number of rotatable bonds is 5. The summed E-state index contributed by atoms with van der Waals surface area (Å²) in [5.74, 6) is 0.839. The van der Waals surface area contributed by atoms with E-state index >= 15 is 0 Å². The molecular formula is C20H21N3O3S. The van der Waals surface area contributed by atoms with E-state index in [4.69, 9.17) is 9.47 Å². The number of ether oxygens (including phenoxy) is 2. The van der Waals surface area contributed by atoms with Crippen molar-refractivity contribution in [2.75, 3.05) is 7.11 Å². The predicted molar refractivity (Wildman–Crippen MR) is 105 cm³/mol. The zero-order valence-electron chi connectivity index (χ0n) is 15.1. The number of fused-ring (bicyclic) bond motifs is 1. The Labute approximate surface area is 161 Å². The first kappa shape index (κ1) is 17.7. The Kier molecular flexibility index (Phi) is 5.20. The second-order valence-electron chi connectivity index (χ2n) is 6.58. The number of nitrogens with one attached hydrogen (secondary N) is 1. The van der Waals surface area contributed by atoms with E-state index in [1.54, 1.807) is 19.5 Å². The summed E-state index contributed by atoms with van der Waals surface area (Å²) in [5.41, 5.74) is 0. The van der Waals surface area contributed by atoms with Crippen LogP contribution in [0.4, 0.5) is 0 Å². The van der Waals surface area contributed by atoms with Crippen LogP contribution in [0.5, 0.6) is 11.8 Å². The fraction of sp³-hybridized carbons (Fsp3) is 0.350. The van der Waals surface area contributed by atoms with Gasteiger partial charge >= 0.3 is 0 Å². The quantitative estimate of drug-likeness (QED) is 0.725. The van der Waals surface area contributed by atoms with Gasteiger partial charge in [0.15, 0.2) is 0 Å². The Morgan fingerprint density at radius 3 is 2.59 bits per heavy atom. The highest BCUT2D eigenvalue weighted by atomic mass is 32.1. The van der Waals surface area contributed by atoms with Crippen molar-refractivity contribution in [2.45, 2.75) is 37.8 Å². The minimum Gasteiger partial charge on any atom is -0.477 e. The lowest BCUT2D eigenvalue weighted by molar-refractivity contribution is 0.0890. The third-order valence-electron chi connectivity index (χ3n) is 4.76. The van der Waals surface area contributed by atoms with E-state index in [0.29, 0.717) is 11.8 Å². The summed E-state index contributed by atoms with van der Waals surface area (Å²) in [5, 5.41) is 4.28. The van der Waals surface area contributed by atoms with Crippen LogP contribution in [0.25, 0.3) is 10.1 Å². The molecule has 1 amide bonds. The zero-order valence-corrected chi connectivity index (χ0v) is 15.9. The first-order valence-electron chi connectivity index (χ1n) is 9.04. The largest absolute Gasteiger partial charge is 0.477 e. The molecule has 1 N–H and O–H groups in total. The van der Waals surface area contributed by atoms with Gasteiger partial charge in [-0.25, -0.2) is 9.97 Å². The molecule has 0 spiro atoms. The van der Waals surface area contributed by atoms with Crippen LogP contribution in [0.2, 0.25) is 0 Å². The summed E-state index contributed by atoms with van der Waals surface area (Å²) in [6.45, 7) is 0. The van der Waals surface area contributed by atoms with Crippen LogP contribution in [0.15, 0.2) is 42.7 Å². The molecule has 1 aliphatic carbocycles. The molecule has 2 aromatic heterocycles. The van der Waals surface area contributed by atoms with Crippen molar-refractivity contribution in [2.24, 2.45) is 0 Å². The van der Waals surface area contributed by atoms with Crippen molar-refractivity contribution in [3.8, 4) is 11.8 Å². The van der Waals surface area contributed by atoms with E-state index in [2.05, 4.69) is 15.3 Å². The minimum atomic E-state index is 0.0103. The van der Waals surface area contributed by atoms with E-state index in [1.807, 2.05) is 30.3 Å². The van der Waals surface area contributed by atoms with Crippen molar-refractivity contribution >= 4 is 27.3 Å². The Morgan fingerprint density at radius 2 is 1.85 bits per heavy atom. The van der Waals surface area contributed by atoms with Crippen LogP contribution in [0.1, 0.15) is 35.4 Å². The predicted octanol–water partition coefficient (Wildman–Crippen LogP) is 3.82. The van der Waals surface area contributed by atoms with Crippen molar-refractivity contribution < 1.29 is 14.3 Å². The number of carbonyl (C=O) groups excluding carboxylic acids is 1. The Morgan fingerprint density at radius 1 is 1.11 bits per heavy atom. The van der Waals surface area contributed by atoms with Crippen LogP contribution in [-0.4, -0.2) is 35.1 Å². The SMILES string of the molecule is COc1nccnc1OC1CCC(NC(=O)c2cc3ccccc3s2)CC1. The second-order valence-corrected chi connectivity index (χ2v) is 7.67. The first-order valence-corrected chi connectivity index (χ1v) is 9.85. The van der Waals surface area contributed by atoms with Gasteiger partial charge in [-0.2, -0.15) is 0 Å². The highest BCUT2D eigenvalue weighted by Gasteiger charge is 2.25. The van der Waals surface area contributed by atoms with Gasteiger partial charge in [0.1, 0.15) is 6.10 Å². The number of benzene rings is 1. The Bertz CT molecular complexity index is 902. The smallest absolute Gasteiger partial charge is 0.278 e. The second kappa shape index (κ2) is 7.92. The molecule has 0 unspecified atom stereocenters. The van der Waals surface area contributed by atoms with E-state index in [9.17, 15) is 4.79 Å². The summed E-state index contributed by atoms with van der Waals surface area (Å²) in [4.78, 5) is 21.6. The molecule has 1 aromatic carbocycles. The standard InChI is InChI=1S/C20H21N3O3S/c1-25-19-20(22-11-10-21-19)26-15-8-6-14(7-9-15)23-18(24)17-12-13-4-2-3-5-16(13)27-17/h2-5,10-12,14-15H,6-9H2,1H3,(H,23,24). The molecule has 3 aromatic rings. The van der Waals surface area contributed by atoms with Crippen LogP contribution >= 0.6 is 11.3 Å². The van der Waals surface area contributed by atoms with Gasteiger partial charge in [0.25, 0.3) is 17.7 Å². The number of hydrogen-bond donors (Lipinski definition) is 1. The highest BCUT2D eigenvalue weighted by Crippen LogP contribution is 2.28. The van der Waals surface area contributed by atoms with Gasteiger partial charge in [0.2, 0.25) is 0 Å². The molecule has 4 rings (SSSR count). The molecule has 0 radical (unpaired) electrons. The molecule has 2 heterocycles. The van der Waals surface area contributed by atoms with Gasteiger partial charge in [-0.15, -0.1) is 11.3 Å². The Hall–Kier alpha value is -2.67. The van der Waals surface area contributed by atoms with Gasteiger partial charge in [0.05, 0.1) is 12.0 Å². The van der Waals surface area contributed by atoms with E-state index in [0.717, 1.165) is 40.6 Å². The molecule has 0 atom stereocenters. The number of amides is 1. The van der Waals surface area contributed by atoms with Crippen molar-refractivity contribution in [3.05, 3.63) is 47.6 Å². The maximum atomic E-state index is 12.6. The number of hydrogen-bond acceptors (Lipinski definition) is 6. The third kappa shape index (κ3) is 4.03. The number of nitrogens with zero attached hydrogens (tertiary/aromatic N) is 2. The molecule has 1 fully saturated rings. The monoisotopic (exact) mass is 383 g/mol. The lowest BCUT2D eigenvalue weighted by Crippen LogP contribution is -2.39. The summed E-state index contributed by atoms with van der Waals surface area (Å²) in [6.07, 6.45) is 6.70. The van der Waals surface area contributed by atoms with Gasteiger partial charge in [0, 0.05) is 23.1 Å². The molecule has 1 aliphatic rings. The molecule has 0 saturated heterocycles. The molecule has 0 bridgehead atoms. The number of thiophene rings is 1. The maximum Gasteiger partial charge on any atom is 0.278 e. The van der Waals surface area contributed by atoms with E-state index in [1.165, 1.54) is 11.3 Å². The van der Waals surface area contributed by atoms with E-state index < -0.39 is 0 Å². The number of aromatic nitrogens is 2. The maximum absolute atomic E-state index is 12.6. The lowest BCUT2D eigenvalue weighted by atomic mass is 9.93. The number of methoxy groups -OCH3 is 1. The molecule has 1 saturated carbocycles. The first-order chi connectivity index (χ1) is 13.2. The third-order valence-corrected chi connectivity index (χ3v) is 5.88. The highest BCUT2D eigenvalue weighted by molar-refractivity contribution is 7.20. The summed E-state index contributed by atoms with van der Waals surface area (Å²) >= 11 is 1.53. The fourth-order valence-corrected chi connectivity index (χ4v) is 4.33. The zero-order chi connectivity index (χ0) is 18.6. The van der Waals surface area contributed by atoms with Crippen LogP contribution in [0.3, 0.4) is 0 Å². The number of carbonyl (C=O) groups is 1. The molecular weight excluding hydrogens is 362 g/mol. The van der Waals surface area contributed by atoms with Crippen molar-refractivity contribution in [3.63, 3.8) is 0 Å². The summed E-state index contributed by atoms with van der Waals surface area (Å²) in [6, 6.07) is 10.2. The fourth-order valence-electron chi connectivity index (χ4n) is 3.37. The summed E-state index contributed by atoms with van der Waals surface area (Å²) < 4.78 is 12.3. The van der Waals surface area contributed by atoms with Gasteiger partial charge in [-0.05, 0) is 43.2 Å². The topological polar surface area (TPSA) is 73.3 Å². The van der Waals surface area contributed by atoms with Crippen LogP contribution in [0, 0.1) is 0 Å². The molecule has 7 heteroatoms. The van der Waals surface area contributed by atoms with Gasteiger partial charge in [-0.3, -0.25) is 4.79 Å². The van der Waals surface area contributed by atoms with Crippen molar-refractivity contribution in [1.82, 2.24) is 15.3 Å². The molecule has 0 aliphatic heterocycles. The Balaban J connectivity index is 1.32. The van der Waals surface area contributed by atoms with Crippen LogP contribution < -0.4 is 14.8 Å². The molecule has 6 nitrogen and oxygen atoms in total. The van der Waals surface area contributed by atoms with Crippen LogP contribution in [-0.2, 0) is 0 Å². The van der Waals surface area contributed by atoms with Gasteiger partial charge < -0.3 is 14.8 Å². The normalized spacial score (nSPS) is 19.6. The lowest BCUT2D eigenvalue weighted by Gasteiger charge is -2.29.